The van der Waals surface area contributed by atoms with Gasteiger partial charge in [-0.3, -0.25) is 10.1 Å². The molecule has 0 aromatic carbocycles. The first-order chi connectivity index (χ1) is 9.58. The van der Waals surface area contributed by atoms with Crippen molar-refractivity contribution in [3.63, 3.8) is 0 Å². The van der Waals surface area contributed by atoms with Crippen molar-refractivity contribution >= 4 is 11.6 Å². The van der Waals surface area contributed by atoms with Crippen molar-refractivity contribution in [1.82, 2.24) is 15.3 Å². The van der Waals surface area contributed by atoms with Crippen LogP contribution in [0.3, 0.4) is 0 Å². The van der Waals surface area contributed by atoms with E-state index in [1.165, 1.54) is 25.2 Å². The van der Waals surface area contributed by atoms with Crippen LogP contribution in [0.15, 0.2) is 12.4 Å². The zero-order chi connectivity index (χ0) is 14.5. The van der Waals surface area contributed by atoms with Gasteiger partial charge in [-0.2, -0.15) is 0 Å². The molecule has 1 atom stereocenters. The molecule has 0 saturated carbocycles. The number of nitrogens with one attached hydrogen (secondary N) is 1. The number of piperidine rings is 1. The highest BCUT2D eigenvalue weighted by Crippen LogP contribution is 2.19. The Kier molecular flexibility index (Phi) is 4.84. The Bertz CT molecular complexity index is 443. The molecule has 1 aromatic rings. The van der Waals surface area contributed by atoms with E-state index in [-0.39, 0.29) is 11.7 Å². The molecule has 0 aliphatic carbocycles. The summed E-state index contributed by atoms with van der Waals surface area (Å²) in [4.78, 5) is 20.6. The molecule has 0 spiro atoms. The van der Waals surface area contributed by atoms with E-state index < -0.39 is 4.92 Å². The van der Waals surface area contributed by atoms with E-state index in [9.17, 15) is 10.1 Å². The topological polar surface area (TPSA) is 84.2 Å². The third kappa shape index (κ3) is 3.63. The summed E-state index contributed by atoms with van der Waals surface area (Å²) in [5.74, 6) is 1.14. The summed E-state index contributed by atoms with van der Waals surface area (Å²) in [7, 11) is 0. The van der Waals surface area contributed by atoms with Gasteiger partial charge in [0.2, 0.25) is 5.95 Å². The summed E-state index contributed by atoms with van der Waals surface area (Å²) in [6.45, 7) is 7.15. The molecule has 7 heteroatoms. The van der Waals surface area contributed by atoms with Crippen LogP contribution >= 0.6 is 0 Å². The van der Waals surface area contributed by atoms with Gasteiger partial charge in [0, 0.05) is 12.6 Å². The highest BCUT2D eigenvalue weighted by atomic mass is 16.6. The number of hydrogen-bond donors (Lipinski definition) is 1. The van der Waals surface area contributed by atoms with Crippen molar-refractivity contribution < 1.29 is 4.92 Å². The Morgan fingerprint density at radius 3 is 2.70 bits per heavy atom. The van der Waals surface area contributed by atoms with Gasteiger partial charge in [-0.15, -0.1) is 0 Å². The van der Waals surface area contributed by atoms with Gasteiger partial charge >= 0.3 is 5.69 Å². The van der Waals surface area contributed by atoms with Gasteiger partial charge in [0.25, 0.3) is 0 Å². The van der Waals surface area contributed by atoms with Gasteiger partial charge in [-0.25, -0.2) is 9.97 Å². The molecular weight excluding hydrogens is 258 g/mol. The zero-order valence-electron chi connectivity index (χ0n) is 12.0. The second-order valence-corrected chi connectivity index (χ2v) is 5.46. The lowest BCUT2D eigenvalue weighted by atomic mass is 9.99. The van der Waals surface area contributed by atoms with Crippen LogP contribution in [0, 0.1) is 16.0 Å². The molecule has 2 rings (SSSR count). The summed E-state index contributed by atoms with van der Waals surface area (Å²) in [5.41, 5.74) is -0.0724. The van der Waals surface area contributed by atoms with Gasteiger partial charge in [0.05, 0.1) is 4.92 Å². The summed E-state index contributed by atoms with van der Waals surface area (Å²) >= 11 is 0. The van der Waals surface area contributed by atoms with Crippen LogP contribution in [0.2, 0.25) is 0 Å². The van der Waals surface area contributed by atoms with Crippen molar-refractivity contribution in [1.29, 1.82) is 0 Å². The first kappa shape index (κ1) is 14.6. The summed E-state index contributed by atoms with van der Waals surface area (Å²) in [6, 6.07) is 0.262. The van der Waals surface area contributed by atoms with Crippen LogP contribution in [0.1, 0.15) is 26.7 Å². The third-order valence-electron chi connectivity index (χ3n) is 3.57. The van der Waals surface area contributed by atoms with Crippen molar-refractivity contribution in [2.45, 2.75) is 32.7 Å². The molecule has 1 unspecified atom stereocenters. The van der Waals surface area contributed by atoms with E-state index >= 15 is 0 Å². The molecule has 0 amide bonds. The fourth-order valence-electron chi connectivity index (χ4n) is 2.44. The molecule has 0 bridgehead atoms. The van der Waals surface area contributed by atoms with Gasteiger partial charge in [0.15, 0.2) is 0 Å². The third-order valence-corrected chi connectivity index (χ3v) is 3.57. The van der Waals surface area contributed by atoms with Gasteiger partial charge in [-0.1, -0.05) is 0 Å². The first-order valence-corrected chi connectivity index (χ1v) is 7.01. The minimum absolute atomic E-state index is 0.0724. The van der Waals surface area contributed by atoms with E-state index in [4.69, 9.17) is 0 Å². The van der Waals surface area contributed by atoms with Crippen LogP contribution in [-0.2, 0) is 0 Å². The second-order valence-electron chi connectivity index (χ2n) is 5.46. The largest absolute Gasteiger partial charge is 0.338 e. The SMILES string of the molecule is CC(C)N(CC1CCCNC1)c1ncc([N+](=O)[O-])cn1. The predicted molar refractivity (Wildman–Crippen MR) is 76.8 cm³/mol. The number of nitrogens with zero attached hydrogens (tertiary/aromatic N) is 4. The maximum Gasteiger partial charge on any atom is 0.305 e. The monoisotopic (exact) mass is 279 g/mol. The molecule has 110 valence electrons. The summed E-state index contributed by atoms with van der Waals surface area (Å²) < 4.78 is 0. The number of nitro groups is 1. The smallest absolute Gasteiger partial charge is 0.305 e. The number of hydrogen-bond acceptors (Lipinski definition) is 6. The van der Waals surface area contributed by atoms with Gasteiger partial charge in [-0.05, 0) is 45.7 Å². The molecule has 1 aromatic heterocycles. The van der Waals surface area contributed by atoms with Crippen molar-refractivity contribution in [3.05, 3.63) is 22.5 Å². The Balaban J connectivity index is 2.09. The lowest BCUT2D eigenvalue weighted by Gasteiger charge is -2.32. The fourth-order valence-corrected chi connectivity index (χ4v) is 2.44. The number of anilines is 1. The van der Waals surface area contributed by atoms with Gasteiger partial charge < -0.3 is 10.2 Å². The average Bonchev–Trinajstić information content (AvgIpc) is 2.45. The van der Waals surface area contributed by atoms with Crippen molar-refractivity contribution in [2.75, 3.05) is 24.5 Å². The van der Waals surface area contributed by atoms with Crippen LogP contribution in [-0.4, -0.2) is 40.6 Å². The van der Waals surface area contributed by atoms with Crippen LogP contribution < -0.4 is 10.2 Å². The Morgan fingerprint density at radius 1 is 1.50 bits per heavy atom. The van der Waals surface area contributed by atoms with Crippen LogP contribution in [0.5, 0.6) is 0 Å². The minimum atomic E-state index is -0.478. The van der Waals surface area contributed by atoms with Crippen molar-refractivity contribution in [3.8, 4) is 0 Å². The van der Waals surface area contributed by atoms with E-state index in [1.807, 2.05) is 0 Å². The zero-order valence-corrected chi connectivity index (χ0v) is 12.0. The molecule has 20 heavy (non-hydrogen) atoms. The maximum absolute atomic E-state index is 10.6. The molecule has 0 radical (unpaired) electrons. The van der Waals surface area contributed by atoms with E-state index in [2.05, 4.69) is 34.0 Å². The molecule has 1 N–H and O–H groups in total. The second kappa shape index (κ2) is 6.60. The van der Waals surface area contributed by atoms with Crippen LogP contribution in [0.4, 0.5) is 11.6 Å². The maximum atomic E-state index is 10.6. The quantitative estimate of drug-likeness (QED) is 0.651. The normalized spacial score (nSPS) is 19.1. The van der Waals surface area contributed by atoms with Crippen molar-refractivity contribution in [2.24, 2.45) is 5.92 Å². The van der Waals surface area contributed by atoms with E-state index in [0.717, 1.165) is 19.6 Å². The molecule has 1 fully saturated rings. The molecule has 2 heterocycles. The lowest BCUT2D eigenvalue weighted by molar-refractivity contribution is -0.385. The van der Waals surface area contributed by atoms with E-state index in [0.29, 0.717) is 11.9 Å². The first-order valence-electron chi connectivity index (χ1n) is 7.01. The standard InChI is InChI=1S/C13H21N5O2/c1-10(2)17(9-11-4-3-5-14-6-11)13-15-7-12(8-16-13)18(19)20/h7-8,10-11,14H,3-6,9H2,1-2H3. The predicted octanol–water partition coefficient (Wildman–Crippen LogP) is 1.60. The average molecular weight is 279 g/mol. The summed E-state index contributed by atoms with van der Waals surface area (Å²) in [5, 5.41) is 14.0. The summed E-state index contributed by atoms with van der Waals surface area (Å²) in [6.07, 6.45) is 4.94. The Morgan fingerprint density at radius 2 is 2.20 bits per heavy atom. The van der Waals surface area contributed by atoms with E-state index in [1.54, 1.807) is 0 Å². The molecule has 7 nitrogen and oxygen atoms in total. The highest BCUT2D eigenvalue weighted by molar-refractivity contribution is 5.34. The lowest BCUT2D eigenvalue weighted by Crippen LogP contribution is -2.42. The molecule has 1 aliphatic heterocycles. The number of aromatic nitrogens is 2. The Hall–Kier alpha value is -1.76. The number of rotatable bonds is 5. The van der Waals surface area contributed by atoms with Crippen LogP contribution in [0.25, 0.3) is 0 Å². The minimum Gasteiger partial charge on any atom is -0.338 e. The molecule has 1 aliphatic rings. The molecule has 1 saturated heterocycles. The Labute approximate surface area is 118 Å². The molecular formula is C13H21N5O2. The fraction of sp³-hybridized carbons (Fsp3) is 0.692. The highest BCUT2D eigenvalue weighted by Gasteiger charge is 2.21. The van der Waals surface area contributed by atoms with Gasteiger partial charge in [0.1, 0.15) is 12.4 Å².